The monoisotopic (exact) mass is 577 g/mol. The molecule has 0 radical (unpaired) electrons. The van der Waals surface area contributed by atoms with Crippen LogP contribution in [-0.4, -0.2) is 45.5 Å². The molecule has 212 valence electrons. The first-order valence-corrected chi connectivity index (χ1v) is 12.2. The minimum atomic E-state index is -5.23. The zero-order valence-corrected chi connectivity index (χ0v) is 22.2. The lowest BCUT2D eigenvalue weighted by molar-refractivity contribution is -0.264. The fourth-order valence-electron chi connectivity index (χ4n) is 4.19. The van der Waals surface area contributed by atoms with E-state index in [0.29, 0.717) is 29.4 Å². The van der Waals surface area contributed by atoms with E-state index in [0.717, 1.165) is 11.8 Å². The smallest absolute Gasteiger partial charge is 0.471 e. The summed E-state index contributed by atoms with van der Waals surface area (Å²) in [4.78, 5) is 19.3. The van der Waals surface area contributed by atoms with Crippen LogP contribution in [0.25, 0.3) is 0 Å². The summed E-state index contributed by atoms with van der Waals surface area (Å²) >= 11 is 6.19. The van der Waals surface area contributed by atoms with E-state index in [1.54, 1.807) is 25.2 Å². The first-order chi connectivity index (χ1) is 17.8. The van der Waals surface area contributed by atoms with Gasteiger partial charge >= 0.3 is 18.3 Å². The number of rotatable bonds is 6. The summed E-state index contributed by atoms with van der Waals surface area (Å²) in [6, 6.07) is 3.17. The largest absolute Gasteiger partial charge is 0.493 e. The molecule has 1 amide bonds. The van der Waals surface area contributed by atoms with Crippen LogP contribution in [0.4, 0.5) is 32.0 Å². The molecule has 1 aliphatic rings. The van der Waals surface area contributed by atoms with Gasteiger partial charge in [0.25, 0.3) is 0 Å². The first kappa shape index (κ1) is 30.5. The lowest BCUT2D eigenvalue weighted by Gasteiger charge is -2.37. The molecule has 1 unspecified atom stereocenters. The maximum atomic E-state index is 14.2. The van der Waals surface area contributed by atoms with Gasteiger partial charge in [-0.3, -0.25) is 4.79 Å². The molecule has 0 bridgehead atoms. The number of ether oxygens (including phenoxy) is 1. The molecular weight excluding hydrogens is 552 g/mol. The summed E-state index contributed by atoms with van der Waals surface area (Å²) in [6.45, 7) is 6.73. The van der Waals surface area contributed by atoms with Crippen LogP contribution in [0.3, 0.4) is 0 Å². The number of halogens is 7. The van der Waals surface area contributed by atoms with Crippen LogP contribution >= 0.6 is 11.6 Å². The first-order valence-electron chi connectivity index (χ1n) is 11.8. The minimum absolute atomic E-state index is 0.145. The third-order valence-electron chi connectivity index (χ3n) is 6.16. The highest BCUT2D eigenvalue weighted by Crippen LogP contribution is 2.47. The van der Waals surface area contributed by atoms with Crippen molar-refractivity contribution in [3.05, 3.63) is 46.0 Å². The highest BCUT2D eigenvalue weighted by Gasteiger charge is 2.56. The van der Waals surface area contributed by atoms with Crippen molar-refractivity contribution in [1.29, 1.82) is 0 Å². The van der Waals surface area contributed by atoms with Gasteiger partial charge in [0.05, 0.1) is 18.5 Å². The van der Waals surface area contributed by atoms with E-state index in [9.17, 15) is 36.2 Å². The molecule has 2 N–H and O–H groups in total. The van der Waals surface area contributed by atoms with Crippen LogP contribution in [-0.2, 0) is 16.6 Å². The number of alkyl halides is 6. The summed E-state index contributed by atoms with van der Waals surface area (Å²) in [5.74, 6) is 2.43. The Hall–Kier alpha value is -3.04. The molecule has 3 rings (SSSR count). The van der Waals surface area contributed by atoms with Gasteiger partial charge in [0.1, 0.15) is 17.3 Å². The van der Waals surface area contributed by atoms with Gasteiger partial charge in [-0.05, 0) is 35.5 Å². The van der Waals surface area contributed by atoms with Gasteiger partial charge in [0.15, 0.2) is 5.60 Å². The third-order valence-corrected chi connectivity index (χ3v) is 6.37. The Morgan fingerprint density at radius 3 is 2.46 bits per heavy atom. The summed E-state index contributed by atoms with van der Waals surface area (Å²) in [6.07, 6.45) is -10.9. The van der Waals surface area contributed by atoms with Gasteiger partial charge in [0.2, 0.25) is 0 Å². The van der Waals surface area contributed by atoms with Crippen LogP contribution in [0, 0.1) is 11.8 Å². The number of hydrogen-bond donors (Lipinski definition) is 2. The van der Waals surface area contributed by atoms with Gasteiger partial charge in [-0.1, -0.05) is 45.2 Å². The highest BCUT2D eigenvalue weighted by atomic mass is 35.5. The standard InChI is InChI=1S/C26H26ClF6N3O3/c1-14(2)21-34-12-19(36-22(37)25(28,29)30)18(35-21)6-5-8-24(38,26(31,32)33)13-23(3,4)17-11-16(27)10-15-7-9-39-20(15)17/h10-12,14,38H,7-9,13H2,1-4H3,(H,36,37). The molecule has 2 aromatic rings. The molecule has 2 heterocycles. The predicted molar refractivity (Wildman–Crippen MR) is 132 cm³/mol. The number of amides is 1. The van der Waals surface area contributed by atoms with Gasteiger partial charge in [0, 0.05) is 29.3 Å². The fourth-order valence-corrected chi connectivity index (χ4v) is 4.43. The van der Waals surface area contributed by atoms with Gasteiger partial charge in [-0.15, -0.1) is 0 Å². The van der Waals surface area contributed by atoms with Crippen LogP contribution in [0.2, 0.25) is 5.02 Å². The highest BCUT2D eigenvalue weighted by molar-refractivity contribution is 6.30. The number of nitrogens with one attached hydrogen (secondary N) is 1. The molecule has 0 spiro atoms. The zero-order chi connectivity index (χ0) is 29.4. The molecule has 0 aliphatic carbocycles. The minimum Gasteiger partial charge on any atom is -0.493 e. The Kier molecular flexibility index (Phi) is 8.49. The van der Waals surface area contributed by atoms with Crippen molar-refractivity contribution in [2.75, 3.05) is 11.9 Å². The second-order valence-electron chi connectivity index (χ2n) is 10.2. The lowest BCUT2D eigenvalue weighted by atomic mass is 9.73. The second kappa shape index (κ2) is 10.8. The van der Waals surface area contributed by atoms with Crippen molar-refractivity contribution < 1.29 is 41.0 Å². The van der Waals surface area contributed by atoms with Crippen molar-refractivity contribution in [3.8, 4) is 17.6 Å². The van der Waals surface area contributed by atoms with Crippen molar-refractivity contribution in [1.82, 2.24) is 9.97 Å². The van der Waals surface area contributed by atoms with E-state index < -0.39 is 53.5 Å². The van der Waals surface area contributed by atoms with Crippen molar-refractivity contribution in [3.63, 3.8) is 0 Å². The van der Waals surface area contributed by atoms with E-state index in [-0.39, 0.29) is 11.7 Å². The van der Waals surface area contributed by atoms with E-state index in [2.05, 4.69) is 21.8 Å². The number of carbonyl (C=O) groups is 1. The summed E-state index contributed by atoms with van der Waals surface area (Å²) < 4.78 is 86.5. The number of anilines is 1. The number of aromatic nitrogens is 2. The van der Waals surface area contributed by atoms with Crippen molar-refractivity contribution in [2.45, 2.75) is 76.2 Å². The van der Waals surface area contributed by atoms with Gasteiger partial charge in [-0.25, -0.2) is 9.97 Å². The third kappa shape index (κ3) is 6.94. The molecule has 13 heteroatoms. The van der Waals surface area contributed by atoms with Crippen LogP contribution in [0.15, 0.2) is 18.3 Å². The molecule has 1 aromatic carbocycles. The SMILES string of the molecule is CC(C)c1ncc(NC(=O)C(F)(F)F)c(C#CCC(O)(CC(C)(C)c2cc(Cl)cc3c2OCC3)C(F)(F)F)n1. The van der Waals surface area contributed by atoms with E-state index >= 15 is 0 Å². The Bertz CT molecular complexity index is 1310. The van der Waals surface area contributed by atoms with Crippen LogP contribution in [0.5, 0.6) is 5.75 Å². The normalized spacial score (nSPS) is 15.2. The molecule has 0 fully saturated rings. The molecule has 39 heavy (non-hydrogen) atoms. The number of hydrogen-bond acceptors (Lipinski definition) is 5. The topological polar surface area (TPSA) is 84.3 Å². The number of aliphatic hydroxyl groups is 1. The zero-order valence-electron chi connectivity index (χ0n) is 21.4. The number of fused-ring (bicyclic) bond motifs is 1. The summed E-state index contributed by atoms with van der Waals surface area (Å²) in [5.41, 5.74) is -4.41. The molecule has 0 saturated carbocycles. The maximum absolute atomic E-state index is 14.2. The Balaban J connectivity index is 1.97. The molecule has 1 aliphatic heterocycles. The summed E-state index contributed by atoms with van der Waals surface area (Å²) in [5, 5.41) is 12.7. The fraction of sp³-hybridized carbons (Fsp3) is 0.500. The predicted octanol–water partition coefficient (Wildman–Crippen LogP) is 6.09. The van der Waals surface area contributed by atoms with Gasteiger partial charge in [-0.2, -0.15) is 26.3 Å². The molecule has 0 saturated heterocycles. The summed E-state index contributed by atoms with van der Waals surface area (Å²) in [7, 11) is 0. The lowest BCUT2D eigenvalue weighted by Crippen LogP contribution is -2.49. The number of carbonyl (C=O) groups excluding carboxylic acids is 1. The average molecular weight is 578 g/mol. The van der Waals surface area contributed by atoms with Crippen molar-refractivity contribution in [2.24, 2.45) is 0 Å². The molecule has 1 aromatic heterocycles. The van der Waals surface area contributed by atoms with Crippen LogP contribution in [0.1, 0.15) is 69.1 Å². The average Bonchev–Trinajstić information content (AvgIpc) is 3.25. The van der Waals surface area contributed by atoms with E-state index in [1.807, 2.05) is 0 Å². The van der Waals surface area contributed by atoms with Crippen molar-refractivity contribution >= 4 is 23.2 Å². The molecule has 6 nitrogen and oxygen atoms in total. The number of nitrogens with zero attached hydrogens (tertiary/aromatic N) is 2. The molecular formula is C26H26ClF6N3O3. The Morgan fingerprint density at radius 2 is 1.87 bits per heavy atom. The quantitative estimate of drug-likeness (QED) is 0.321. The Labute approximate surface area is 226 Å². The molecule has 1 atom stereocenters. The van der Waals surface area contributed by atoms with Crippen LogP contribution < -0.4 is 10.1 Å². The maximum Gasteiger partial charge on any atom is 0.471 e. The van der Waals surface area contributed by atoms with E-state index in [4.69, 9.17) is 16.3 Å². The second-order valence-corrected chi connectivity index (χ2v) is 10.6. The van der Waals surface area contributed by atoms with Gasteiger partial charge < -0.3 is 15.2 Å². The number of benzene rings is 1. The van der Waals surface area contributed by atoms with E-state index in [1.165, 1.54) is 19.9 Å². The Morgan fingerprint density at radius 1 is 1.21 bits per heavy atom.